The van der Waals surface area contributed by atoms with E-state index >= 15 is 0 Å². The fourth-order valence-corrected chi connectivity index (χ4v) is 4.22. The van der Waals surface area contributed by atoms with Gasteiger partial charge in [-0.15, -0.1) is 11.8 Å². The van der Waals surface area contributed by atoms with Crippen LogP contribution in [-0.4, -0.2) is 20.9 Å². The lowest BCUT2D eigenvalue weighted by Gasteiger charge is -2.23. The lowest BCUT2D eigenvalue weighted by Crippen LogP contribution is -2.04. The van der Waals surface area contributed by atoms with Crippen LogP contribution in [0, 0.1) is 0 Å². The van der Waals surface area contributed by atoms with Crippen molar-refractivity contribution in [2.45, 2.75) is 21.7 Å². The molecule has 1 aromatic heterocycles. The molecule has 5 heteroatoms. The average molecular weight is 249 g/mol. The summed E-state index contributed by atoms with van der Waals surface area (Å²) in [6, 6.07) is 8.63. The lowest BCUT2D eigenvalue weighted by atomic mass is 10.1. The number of fused-ring (bicyclic) bond motifs is 1. The first-order valence-corrected chi connectivity index (χ1v) is 7.04. The van der Waals surface area contributed by atoms with Gasteiger partial charge in [0.2, 0.25) is 0 Å². The Morgan fingerprint density at radius 2 is 2.31 bits per heavy atom. The highest BCUT2D eigenvalue weighted by Crippen LogP contribution is 2.45. The van der Waals surface area contributed by atoms with Gasteiger partial charge in [0.05, 0.1) is 0 Å². The normalized spacial score (nSPS) is 19.4. The highest BCUT2D eigenvalue weighted by molar-refractivity contribution is 8.01. The molecule has 3 nitrogen and oxygen atoms in total. The van der Waals surface area contributed by atoms with Crippen LogP contribution in [0.4, 0.5) is 0 Å². The van der Waals surface area contributed by atoms with E-state index in [1.807, 2.05) is 11.8 Å². The molecule has 0 bridgehead atoms. The van der Waals surface area contributed by atoms with E-state index in [1.165, 1.54) is 22.6 Å². The van der Waals surface area contributed by atoms with Gasteiger partial charge in [-0.25, -0.2) is 4.98 Å². The Morgan fingerprint density at radius 1 is 1.38 bits per heavy atom. The van der Waals surface area contributed by atoms with E-state index in [0.29, 0.717) is 5.25 Å². The number of benzene rings is 1. The van der Waals surface area contributed by atoms with E-state index in [1.54, 1.807) is 18.1 Å². The van der Waals surface area contributed by atoms with Crippen molar-refractivity contribution in [2.24, 2.45) is 0 Å². The molecule has 2 aromatic rings. The van der Waals surface area contributed by atoms with Gasteiger partial charge in [0.15, 0.2) is 5.16 Å². The second-order valence-corrected chi connectivity index (χ2v) is 5.90. The van der Waals surface area contributed by atoms with Crippen molar-refractivity contribution in [3.8, 4) is 0 Å². The maximum Gasteiger partial charge on any atom is 0.183 e. The fourth-order valence-electron chi connectivity index (χ4n) is 1.82. The average Bonchev–Trinajstić information content (AvgIpc) is 2.82. The van der Waals surface area contributed by atoms with Gasteiger partial charge in [-0.05, 0) is 23.8 Å². The Hall–Kier alpha value is -0.940. The van der Waals surface area contributed by atoms with E-state index in [0.717, 1.165) is 5.16 Å². The minimum absolute atomic E-state index is 0.505. The summed E-state index contributed by atoms with van der Waals surface area (Å²) in [5.74, 6) is 1.18. The molecule has 0 saturated heterocycles. The predicted octanol–water partition coefficient (Wildman–Crippen LogP) is 3.13. The Bertz CT molecular complexity index is 470. The number of rotatable bonds is 2. The van der Waals surface area contributed by atoms with Crippen LogP contribution < -0.4 is 0 Å². The number of hydrogen-bond donors (Lipinski definition) is 1. The SMILES string of the molecule is c1ccc2c(c1)SCCC2Sc1ncn[nH]1. The van der Waals surface area contributed by atoms with Crippen LogP contribution in [0.1, 0.15) is 17.2 Å². The maximum atomic E-state index is 4.17. The first-order chi connectivity index (χ1) is 7.93. The highest BCUT2D eigenvalue weighted by atomic mass is 32.2. The molecule has 3 rings (SSSR count). The molecular weight excluding hydrogens is 238 g/mol. The number of aromatic amines is 1. The zero-order valence-corrected chi connectivity index (χ0v) is 10.2. The van der Waals surface area contributed by atoms with Crippen LogP contribution in [0.3, 0.4) is 0 Å². The van der Waals surface area contributed by atoms with Crippen molar-refractivity contribution < 1.29 is 0 Å². The second-order valence-electron chi connectivity index (χ2n) is 3.57. The van der Waals surface area contributed by atoms with Gasteiger partial charge in [-0.1, -0.05) is 30.0 Å². The van der Waals surface area contributed by atoms with Crippen molar-refractivity contribution in [2.75, 3.05) is 5.75 Å². The minimum atomic E-state index is 0.505. The van der Waals surface area contributed by atoms with Crippen LogP contribution in [0.15, 0.2) is 40.6 Å². The summed E-state index contributed by atoms with van der Waals surface area (Å²) in [6.45, 7) is 0. The summed E-state index contributed by atoms with van der Waals surface area (Å²) in [4.78, 5) is 5.58. The summed E-state index contributed by atoms with van der Waals surface area (Å²) >= 11 is 3.72. The molecule has 0 saturated carbocycles. The van der Waals surface area contributed by atoms with Gasteiger partial charge in [-0.3, -0.25) is 5.10 Å². The largest absolute Gasteiger partial charge is 0.254 e. The summed E-state index contributed by atoms with van der Waals surface area (Å²) in [5.41, 5.74) is 1.43. The third-order valence-corrected chi connectivity index (χ3v) is 4.87. The standard InChI is InChI=1S/C11H11N3S2/c1-2-4-9-8(3-1)10(5-6-15-9)16-11-12-7-13-14-11/h1-4,7,10H,5-6H2,(H,12,13,14). The smallest absolute Gasteiger partial charge is 0.183 e. The van der Waals surface area contributed by atoms with Gasteiger partial charge in [0.25, 0.3) is 0 Å². The van der Waals surface area contributed by atoms with Crippen LogP contribution >= 0.6 is 23.5 Å². The number of aromatic nitrogens is 3. The summed E-state index contributed by atoms with van der Waals surface area (Å²) in [7, 11) is 0. The number of nitrogens with one attached hydrogen (secondary N) is 1. The molecule has 0 radical (unpaired) electrons. The van der Waals surface area contributed by atoms with E-state index in [2.05, 4.69) is 39.4 Å². The van der Waals surface area contributed by atoms with Crippen LogP contribution in [-0.2, 0) is 0 Å². The van der Waals surface area contributed by atoms with Gasteiger partial charge < -0.3 is 0 Å². The molecular formula is C11H11N3S2. The molecule has 0 fully saturated rings. The molecule has 0 aliphatic carbocycles. The van der Waals surface area contributed by atoms with Crippen molar-refractivity contribution >= 4 is 23.5 Å². The number of hydrogen-bond acceptors (Lipinski definition) is 4. The molecule has 1 aliphatic rings. The Kier molecular flexibility index (Phi) is 2.88. The van der Waals surface area contributed by atoms with Gasteiger partial charge in [0.1, 0.15) is 6.33 Å². The first-order valence-electron chi connectivity index (χ1n) is 5.17. The predicted molar refractivity (Wildman–Crippen MR) is 66.8 cm³/mol. The Balaban J connectivity index is 1.87. The second kappa shape index (κ2) is 4.51. The molecule has 0 amide bonds. The van der Waals surface area contributed by atoms with E-state index in [-0.39, 0.29) is 0 Å². The molecule has 1 aliphatic heterocycles. The summed E-state index contributed by atoms with van der Waals surface area (Å²) < 4.78 is 0. The van der Waals surface area contributed by atoms with Crippen LogP contribution in [0.5, 0.6) is 0 Å². The lowest BCUT2D eigenvalue weighted by molar-refractivity contribution is 0.853. The molecule has 1 N–H and O–H groups in total. The Morgan fingerprint density at radius 3 is 3.19 bits per heavy atom. The number of H-pyrrole nitrogens is 1. The highest BCUT2D eigenvalue weighted by Gasteiger charge is 2.21. The minimum Gasteiger partial charge on any atom is -0.254 e. The van der Waals surface area contributed by atoms with Crippen molar-refractivity contribution in [1.82, 2.24) is 15.2 Å². The van der Waals surface area contributed by atoms with Gasteiger partial charge in [0, 0.05) is 10.1 Å². The molecule has 16 heavy (non-hydrogen) atoms. The van der Waals surface area contributed by atoms with E-state index < -0.39 is 0 Å². The fraction of sp³-hybridized carbons (Fsp3) is 0.273. The van der Waals surface area contributed by atoms with Gasteiger partial charge in [-0.2, -0.15) is 5.10 Å². The Labute approximate surface area is 102 Å². The third kappa shape index (κ3) is 1.97. The van der Waals surface area contributed by atoms with Crippen molar-refractivity contribution in [3.63, 3.8) is 0 Å². The third-order valence-electron chi connectivity index (χ3n) is 2.55. The van der Waals surface area contributed by atoms with Crippen molar-refractivity contribution in [3.05, 3.63) is 36.2 Å². The quantitative estimate of drug-likeness (QED) is 0.888. The van der Waals surface area contributed by atoms with E-state index in [9.17, 15) is 0 Å². The number of nitrogens with zero attached hydrogens (tertiary/aromatic N) is 2. The van der Waals surface area contributed by atoms with Crippen molar-refractivity contribution in [1.29, 1.82) is 0 Å². The van der Waals surface area contributed by atoms with Crippen LogP contribution in [0.25, 0.3) is 0 Å². The molecule has 1 atom stereocenters. The summed E-state index contributed by atoms with van der Waals surface area (Å²) in [6.07, 6.45) is 2.75. The number of thioether (sulfide) groups is 2. The first kappa shape index (κ1) is 10.2. The molecule has 1 aromatic carbocycles. The van der Waals surface area contributed by atoms with E-state index in [4.69, 9.17) is 0 Å². The molecule has 2 heterocycles. The maximum absolute atomic E-state index is 4.17. The molecule has 1 unspecified atom stereocenters. The summed E-state index contributed by atoms with van der Waals surface area (Å²) in [5, 5.41) is 8.21. The monoisotopic (exact) mass is 249 g/mol. The molecule has 82 valence electrons. The van der Waals surface area contributed by atoms with Crippen LogP contribution in [0.2, 0.25) is 0 Å². The zero-order valence-electron chi connectivity index (χ0n) is 8.59. The zero-order chi connectivity index (χ0) is 10.8. The van der Waals surface area contributed by atoms with Gasteiger partial charge >= 0.3 is 0 Å². The molecule has 0 spiro atoms. The topological polar surface area (TPSA) is 41.6 Å².